The summed E-state index contributed by atoms with van der Waals surface area (Å²) in [6.07, 6.45) is 2.18. The highest BCUT2D eigenvalue weighted by atomic mass is 16.4. The molecule has 2 aromatic rings. The fourth-order valence-corrected chi connectivity index (χ4v) is 2.31. The summed E-state index contributed by atoms with van der Waals surface area (Å²) >= 11 is 0. The number of aromatic nitrogens is 1. The quantitative estimate of drug-likeness (QED) is 0.847. The number of oxazole rings is 1. The first-order valence-corrected chi connectivity index (χ1v) is 6.08. The Balaban J connectivity index is 1.97. The van der Waals surface area contributed by atoms with Gasteiger partial charge in [0.05, 0.1) is 5.56 Å². The van der Waals surface area contributed by atoms with Gasteiger partial charge in [0.25, 0.3) is 0 Å². The van der Waals surface area contributed by atoms with E-state index in [1.807, 2.05) is 0 Å². The molecule has 94 valence electrons. The molecular weight excluding hydrogens is 232 g/mol. The second kappa shape index (κ2) is 4.42. The Hall–Kier alpha value is -1.88. The largest absolute Gasteiger partial charge is 0.478 e. The van der Waals surface area contributed by atoms with Gasteiger partial charge in [-0.05, 0) is 37.6 Å². The number of carboxylic acid groups (broad SMARTS) is 1. The normalized spacial score (nSPS) is 20.1. The van der Waals surface area contributed by atoms with E-state index >= 15 is 0 Å². The maximum absolute atomic E-state index is 10.9. The molecule has 0 aliphatic carbocycles. The van der Waals surface area contributed by atoms with E-state index in [1.165, 1.54) is 6.07 Å². The van der Waals surface area contributed by atoms with Crippen molar-refractivity contribution in [3.05, 3.63) is 29.7 Å². The Morgan fingerprint density at radius 2 is 2.39 bits per heavy atom. The summed E-state index contributed by atoms with van der Waals surface area (Å²) < 4.78 is 5.68. The monoisotopic (exact) mass is 246 g/mol. The number of benzene rings is 1. The second-order valence-corrected chi connectivity index (χ2v) is 4.58. The first-order valence-electron chi connectivity index (χ1n) is 6.08. The number of carbonyl (C=O) groups is 1. The molecule has 2 N–H and O–H groups in total. The van der Waals surface area contributed by atoms with Gasteiger partial charge in [0.1, 0.15) is 5.52 Å². The molecule has 0 spiro atoms. The first kappa shape index (κ1) is 11.2. The summed E-state index contributed by atoms with van der Waals surface area (Å²) in [5.41, 5.74) is 1.50. The molecule has 1 unspecified atom stereocenters. The molecular formula is C13H14N2O3. The van der Waals surface area contributed by atoms with E-state index in [0.29, 0.717) is 17.4 Å². The lowest BCUT2D eigenvalue weighted by atomic mass is 10.00. The molecule has 1 aromatic carbocycles. The number of nitrogens with one attached hydrogen (secondary N) is 1. The maximum atomic E-state index is 10.9. The summed E-state index contributed by atoms with van der Waals surface area (Å²) in [5, 5.41) is 12.2. The number of aromatic carboxylic acids is 1. The van der Waals surface area contributed by atoms with Gasteiger partial charge in [-0.25, -0.2) is 9.78 Å². The number of fused-ring (bicyclic) bond motifs is 1. The molecule has 0 radical (unpaired) electrons. The van der Waals surface area contributed by atoms with Crippen LogP contribution in [0.3, 0.4) is 0 Å². The van der Waals surface area contributed by atoms with Crippen molar-refractivity contribution in [2.45, 2.75) is 18.8 Å². The Bertz CT molecular complexity index is 585. The van der Waals surface area contributed by atoms with E-state index in [4.69, 9.17) is 9.52 Å². The number of hydrogen-bond acceptors (Lipinski definition) is 4. The van der Waals surface area contributed by atoms with Crippen molar-refractivity contribution < 1.29 is 14.3 Å². The Morgan fingerprint density at radius 3 is 3.11 bits per heavy atom. The van der Waals surface area contributed by atoms with Gasteiger partial charge in [-0.2, -0.15) is 0 Å². The molecule has 5 nitrogen and oxygen atoms in total. The second-order valence-electron chi connectivity index (χ2n) is 4.58. The first-order chi connectivity index (χ1) is 8.74. The summed E-state index contributed by atoms with van der Waals surface area (Å²) in [7, 11) is 0. The molecule has 5 heteroatoms. The van der Waals surface area contributed by atoms with Crippen LogP contribution in [0.15, 0.2) is 22.6 Å². The van der Waals surface area contributed by atoms with E-state index in [-0.39, 0.29) is 5.56 Å². The average Bonchev–Trinajstić information content (AvgIpc) is 2.82. The van der Waals surface area contributed by atoms with E-state index in [1.54, 1.807) is 12.1 Å². The maximum Gasteiger partial charge on any atom is 0.335 e. The molecule has 0 bridgehead atoms. The van der Waals surface area contributed by atoms with Gasteiger partial charge in [-0.1, -0.05) is 0 Å². The van der Waals surface area contributed by atoms with Crippen LogP contribution in [0, 0.1) is 0 Å². The molecule has 3 rings (SSSR count). The molecule has 2 heterocycles. The van der Waals surface area contributed by atoms with Gasteiger partial charge in [0.15, 0.2) is 11.5 Å². The van der Waals surface area contributed by atoms with Crippen molar-refractivity contribution in [2.75, 3.05) is 13.1 Å². The van der Waals surface area contributed by atoms with E-state index in [0.717, 1.165) is 31.4 Å². The Morgan fingerprint density at radius 1 is 1.50 bits per heavy atom. The molecule has 0 amide bonds. The summed E-state index contributed by atoms with van der Waals surface area (Å²) in [6.45, 7) is 1.92. The predicted molar refractivity (Wildman–Crippen MR) is 65.8 cm³/mol. The van der Waals surface area contributed by atoms with Gasteiger partial charge in [0.2, 0.25) is 0 Å². The minimum atomic E-state index is -0.950. The molecule has 1 aliphatic heterocycles. The van der Waals surface area contributed by atoms with E-state index < -0.39 is 5.97 Å². The van der Waals surface area contributed by atoms with Gasteiger partial charge < -0.3 is 14.8 Å². The van der Waals surface area contributed by atoms with Crippen molar-refractivity contribution in [1.82, 2.24) is 10.3 Å². The lowest BCUT2D eigenvalue weighted by Crippen LogP contribution is -2.28. The SMILES string of the molecule is O=C(O)c1ccc2nc(C3CCCNC3)oc2c1. The van der Waals surface area contributed by atoms with Crippen LogP contribution < -0.4 is 5.32 Å². The van der Waals surface area contributed by atoms with Crippen LogP contribution in [0.2, 0.25) is 0 Å². The number of hydrogen-bond donors (Lipinski definition) is 2. The lowest BCUT2D eigenvalue weighted by Gasteiger charge is -2.19. The zero-order chi connectivity index (χ0) is 12.5. The molecule has 1 atom stereocenters. The molecule has 0 saturated carbocycles. The highest BCUT2D eigenvalue weighted by molar-refractivity contribution is 5.91. The van der Waals surface area contributed by atoms with Crippen LogP contribution in [-0.4, -0.2) is 29.1 Å². The van der Waals surface area contributed by atoms with Crippen molar-refractivity contribution >= 4 is 17.1 Å². The molecule has 1 aromatic heterocycles. The lowest BCUT2D eigenvalue weighted by molar-refractivity contribution is 0.0697. The van der Waals surface area contributed by atoms with Crippen molar-refractivity contribution in [1.29, 1.82) is 0 Å². The highest BCUT2D eigenvalue weighted by Crippen LogP contribution is 2.26. The summed E-state index contributed by atoms with van der Waals surface area (Å²) in [5.74, 6) is 0.0494. The van der Waals surface area contributed by atoms with Crippen molar-refractivity contribution in [3.63, 3.8) is 0 Å². The van der Waals surface area contributed by atoms with Gasteiger partial charge in [-0.15, -0.1) is 0 Å². The zero-order valence-corrected chi connectivity index (χ0v) is 9.85. The predicted octanol–water partition coefficient (Wildman–Crippen LogP) is 1.99. The van der Waals surface area contributed by atoms with E-state index in [2.05, 4.69) is 10.3 Å². The van der Waals surface area contributed by atoms with Crippen molar-refractivity contribution in [3.8, 4) is 0 Å². The summed E-state index contributed by atoms with van der Waals surface area (Å²) in [6, 6.07) is 4.78. The van der Waals surface area contributed by atoms with Crippen LogP contribution in [-0.2, 0) is 0 Å². The Labute approximate surface area is 104 Å². The topological polar surface area (TPSA) is 75.4 Å². The third kappa shape index (κ3) is 1.97. The number of nitrogens with zero attached hydrogens (tertiary/aromatic N) is 1. The number of carboxylic acids is 1. The Kier molecular flexibility index (Phi) is 2.76. The minimum Gasteiger partial charge on any atom is -0.478 e. The van der Waals surface area contributed by atoms with Gasteiger partial charge in [-0.3, -0.25) is 0 Å². The average molecular weight is 246 g/mol. The van der Waals surface area contributed by atoms with Crippen LogP contribution in [0.4, 0.5) is 0 Å². The number of piperidine rings is 1. The molecule has 1 saturated heterocycles. The standard InChI is InChI=1S/C13H14N2O3/c16-13(17)8-3-4-10-11(6-8)18-12(15-10)9-2-1-5-14-7-9/h3-4,6,9,14H,1-2,5,7H2,(H,16,17). The van der Waals surface area contributed by atoms with Crippen LogP contribution in [0.1, 0.15) is 35.0 Å². The van der Waals surface area contributed by atoms with Gasteiger partial charge >= 0.3 is 5.97 Å². The fourth-order valence-electron chi connectivity index (χ4n) is 2.31. The molecule has 1 fully saturated rings. The summed E-state index contributed by atoms with van der Waals surface area (Å²) in [4.78, 5) is 15.3. The molecule has 18 heavy (non-hydrogen) atoms. The molecule has 1 aliphatic rings. The van der Waals surface area contributed by atoms with Crippen LogP contribution in [0.5, 0.6) is 0 Å². The fraction of sp³-hybridized carbons (Fsp3) is 0.385. The van der Waals surface area contributed by atoms with Crippen LogP contribution in [0.25, 0.3) is 11.1 Å². The van der Waals surface area contributed by atoms with Crippen LogP contribution >= 0.6 is 0 Å². The van der Waals surface area contributed by atoms with Crippen molar-refractivity contribution in [2.24, 2.45) is 0 Å². The zero-order valence-electron chi connectivity index (χ0n) is 9.85. The highest BCUT2D eigenvalue weighted by Gasteiger charge is 2.20. The smallest absolute Gasteiger partial charge is 0.335 e. The number of rotatable bonds is 2. The van der Waals surface area contributed by atoms with Gasteiger partial charge in [0, 0.05) is 12.5 Å². The third-order valence-electron chi connectivity index (χ3n) is 3.30. The van der Waals surface area contributed by atoms with E-state index in [9.17, 15) is 4.79 Å². The minimum absolute atomic E-state index is 0.229. The third-order valence-corrected chi connectivity index (χ3v) is 3.30.